The molecule has 6 heteroatoms. The number of nitrogens with two attached hydrogens (primary N) is 1. The van der Waals surface area contributed by atoms with Gasteiger partial charge >= 0.3 is 0 Å². The van der Waals surface area contributed by atoms with Gasteiger partial charge in [-0.2, -0.15) is 4.98 Å². The van der Waals surface area contributed by atoms with Crippen molar-refractivity contribution in [1.82, 2.24) is 9.97 Å². The summed E-state index contributed by atoms with van der Waals surface area (Å²) in [5, 5.41) is 0. The van der Waals surface area contributed by atoms with Crippen LogP contribution in [0.15, 0.2) is 0 Å². The standard InChI is InChI=1S/C15H26N4O2/c1-5-6-13-17-14(19-16)11(4)15(18-13)21-12-7-9(2)20-10(3)8-12/h9-10,12H,5-8,16H2,1-4H3,(H,17,18,19). The van der Waals surface area contributed by atoms with Crippen molar-refractivity contribution in [2.75, 3.05) is 5.43 Å². The molecule has 0 aromatic carbocycles. The summed E-state index contributed by atoms with van der Waals surface area (Å²) in [6, 6.07) is 0. The van der Waals surface area contributed by atoms with Crippen LogP contribution in [0.4, 0.5) is 5.82 Å². The third-order valence-corrected chi connectivity index (χ3v) is 3.69. The second kappa shape index (κ2) is 7.04. The molecule has 1 aliphatic rings. The van der Waals surface area contributed by atoms with Crippen molar-refractivity contribution in [3.8, 4) is 5.88 Å². The molecule has 2 unspecified atom stereocenters. The molecule has 6 nitrogen and oxygen atoms in total. The first-order valence-corrected chi connectivity index (χ1v) is 7.69. The summed E-state index contributed by atoms with van der Waals surface area (Å²) >= 11 is 0. The van der Waals surface area contributed by atoms with Crippen molar-refractivity contribution in [1.29, 1.82) is 0 Å². The molecule has 21 heavy (non-hydrogen) atoms. The van der Waals surface area contributed by atoms with E-state index in [1.165, 1.54) is 0 Å². The highest BCUT2D eigenvalue weighted by atomic mass is 16.5. The first-order chi connectivity index (χ1) is 10.0. The fourth-order valence-electron chi connectivity index (χ4n) is 2.73. The Morgan fingerprint density at radius 3 is 2.52 bits per heavy atom. The Kier molecular flexibility index (Phi) is 5.36. The van der Waals surface area contributed by atoms with E-state index in [1.807, 2.05) is 6.92 Å². The lowest BCUT2D eigenvalue weighted by Crippen LogP contribution is -2.36. The number of nitrogens with one attached hydrogen (secondary N) is 1. The van der Waals surface area contributed by atoms with Crippen LogP contribution in [0, 0.1) is 6.92 Å². The van der Waals surface area contributed by atoms with E-state index in [0.29, 0.717) is 11.7 Å². The molecule has 1 saturated heterocycles. The van der Waals surface area contributed by atoms with Gasteiger partial charge in [0.25, 0.3) is 0 Å². The molecular weight excluding hydrogens is 268 g/mol. The number of rotatable bonds is 5. The Hall–Kier alpha value is -1.40. The third kappa shape index (κ3) is 4.04. The molecule has 118 valence electrons. The largest absolute Gasteiger partial charge is 0.474 e. The van der Waals surface area contributed by atoms with Crippen LogP contribution in [0.2, 0.25) is 0 Å². The van der Waals surface area contributed by atoms with Crippen molar-refractivity contribution in [2.24, 2.45) is 5.84 Å². The number of nitrogens with zero attached hydrogens (tertiary/aromatic N) is 2. The highest BCUT2D eigenvalue weighted by molar-refractivity contribution is 5.47. The van der Waals surface area contributed by atoms with Crippen molar-refractivity contribution in [3.05, 3.63) is 11.4 Å². The van der Waals surface area contributed by atoms with E-state index < -0.39 is 0 Å². The number of anilines is 1. The second-order valence-corrected chi connectivity index (χ2v) is 5.78. The van der Waals surface area contributed by atoms with E-state index in [9.17, 15) is 0 Å². The summed E-state index contributed by atoms with van der Waals surface area (Å²) < 4.78 is 11.9. The molecule has 3 N–H and O–H groups in total. The minimum Gasteiger partial charge on any atom is -0.474 e. The topological polar surface area (TPSA) is 82.3 Å². The minimum absolute atomic E-state index is 0.123. The lowest BCUT2D eigenvalue weighted by molar-refractivity contribution is -0.0731. The van der Waals surface area contributed by atoms with E-state index >= 15 is 0 Å². The van der Waals surface area contributed by atoms with Crippen LogP contribution in [0.25, 0.3) is 0 Å². The normalized spacial score (nSPS) is 25.7. The average molecular weight is 294 g/mol. The number of ether oxygens (including phenoxy) is 2. The zero-order chi connectivity index (χ0) is 15.4. The molecule has 1 aromatic rings. The Morgan fingerprint density at radius 1 is 1.29 bits per heavy atom. The summed E-state index contributed by atoms with van der Waals surface area (Å²) in [5.41, 5.74) is 3.48. The summed E-state index contributed by atoms with van der Waals surface area (Å²) in [7, 11) is 0. The predicted octanol–water partition coefficient (Wildman–Crippen LogP) is 2.36. The zero-order valence-electron chi connectivity index (χ0n) is 13.3. The van der Waals surface area contributed by atoms with Crippen molar-refractivity contribution in [3.63, 3.8) is 0 Å². The number of hydrogen-bond donors (Lipinski definition) is 2. The molecule has 0 aliphatic carbocycles. The average Bonchev–Trinajstić information content (AvgIpc) is 2.41. The van der Waals surface area contributed by atoms with Gasteiger partial charge in [0.1, 0.15) is 17.7 Å². The maximum absolute atomic E-state index is 6.13. The highest BCUT2D eigenvalue weighted by Crippen LogP contribution is 2.27. The zero-order valence-corrected chi connectivity index (χ0v) is 13.3. The van der Waals surface area contributed by atoms with Gasteiger partial charge in [0.15, 0.2) is 0 Å². The van der Waals surface area contributed by atoms with Gasteiger partial charge in [-0.1, -0.05) is 6.92 Å². The first-order valence-electron chi connectivity index (χ1n) is 7.69. The molecule has 0 radical (unpaired) electrons. The van der Waals surface area contributed by atoms with Crippen LogP contribution in [-0.2, 0) is 11.2 Å². The minimum atomic E-state index is 0.123. The van der Waals surface area contributed by atoms with Crippen molar-refractivity contribution < 1.29 is 9.47 Å². The fraction of sp³-hybridized carbons (Fsp3) is 0.733. The van der Waals surface area contributed by atoms with Crippen molar-refractivity contribution in [2.45, 2.75) is 71.7 Å². The number of hydrazine groups is 1. The maximum Gasteiger partial charge on any atom is 0.222 e. The number of aryl methyl sites for hydroxylation is 1. The van der Waals surface area contributed by atoms with E-state index in [2.05, 4.69) is 36.2 Å². The molecule has 0 saturated carbocycles. The molecule has 2 atom stereocenters. The van der Waals surface area contributed by atoms with Gasteiger partial charge in [-0.3, -0.25) is 0 Å². The molecule has 0 amide bonds. The van der Waals surface area contributed by atoms with E-state index in [0.717, 1.165) is 37.1 Å². The van der Waals surface area contributed by atoms with Gasteiger partial charge in [0.05, 0.1) is 17.8 Å². The second-order valence-electron chi connectivity index (χ2n) is 5.78. The molecule has 2 rings (SSSR count). The first kappa shape index (κ1) is 16.0. The van der Waals surface area contributed by atoms with Crippen LogP contribution in [0.5, 0.6) is 5.88 Å². The smallest absolute Gasteiger partial charge is 0.222 e. The van der Waals surface area contributed by atoms with Crippen LogP contribution < -0.4 is 16.0 Å². The number of hydrogen-bond acceptors (Lipinski definition) is 6. The Balaban J connectivity index is 2.19. The van der Waals surface area contributed by atoms with Gasteiger partial charge in [0.2, 0.25) is 5.88 Å². The van der Waals surface area contributed by atoms with E-state index in [1.54, 1.807) is 0 Å². The summed E-state index contributed by atoms with van der Waals surface area (Å²) in [6.07, 6.45) is 4.09. The van der Waals surface area contributed by atoms with Gasteiger partial charge in [-0.05, 0) is 27.2 Å². The molecule has 2 heterocycles. The summed E-state index contributed by atoms with van der Waals surface area (Å²) in [6.45, 7) is 8.18. The molecule has 0 bridgehead atoms. The molecule has 1 aliphatic heterocycles. The molecular formula is C15H26N4O2. The van der Waals surface area contributed by atoms with E-state index in [4.69, 9.17) is 15.3 Å². The summed E-state index contributed by atoms with van der Waals surface area (Å²) in [5.74, 6) is 7.58. The van der Waals surface area contributed by atoms with Crippen molar-refractivity contribution >= 4 is 5.82 Å². The van der Waals surface area contributed by atoms with Gasteiger partial charge in [-0.25, -0.2) is 10.8 Å². The van der Waals surface area contributed by atoms with Crippen LogP contribution in [0.1, 0.15) is 51.4 Å². The fourth-order valence-corrected chi connectivity index (χ4v) is 2.73. The molecule has 0 spiro atoms. The third-order valence-electron chi connectivity index (χ3n) is 3.69. The van der Waals surface area contributed by atoms with Gasteiger partial charge < -0.3 is 14.9 Å². The molecule has 1 aromatic heterocycles. The SMILES string of the molecule is CCCc1nc(NN)c(C)c(OC2CC(C)OC(C)C2)n1. The van der Waals surface area contributed by atoms with Crippen LogP contribution in [0.3, 0.4) is 0 Å². The monoisotopic (exact) mass is 294 g/mol. The van der Waals surface area contributed by atoms with Gasteiger partial charge in [-0.15, -0.1) is 0 Å². The lowest BCUT2D eigenvalue weighted by Gasteiger charge is -2.32. The highest BCUT2D eigenvalue weighted by Gasteiger charge is 2.27. The maximum atomic E-state index is 6.13. The lowest BCUT2D eigenvalue weighted by atomic mass is 10.0. The Morgan fingerprint density at radius 2 is 1.95 bits per heavy atom. The number of nitrogen functional groups attached to an aromatic ring is 1. The van der Waals surface area contributed by atoms with Crippen LogP contribution >= 0.6 is 0 Å². The Bertz CT molecular complexity index is 471. The van der Waals surface area contributed by atoms with Crippen LogP contribution in [-0.4, -0.2) is 28.3 Å². The predicted molar refractivity (Wildman–Crippen MR) is 82.2 cm³/mol. The molecule has 1 fully saturated rings. The summed E-state index contributed by atoms with van der Waals surface area (Å²) in [4.78, 5) is 8.96. The number of aromatic nitrogens is 2. The van der Waals surface area contributed by atoms with E-state index in [-0.39, 0.29) is 18.3 Å². The van der Waals surface area contributed by atoms with Gasteiger partial charge in [0, 0.05) is 19.3 Å². The Labute approximate surface area is 126 Å². The quantitative estimate of drug-likeness (QED) is 0.641.